The molecule has 4 rings (SSSR count). The lowest BCUT2D eigenvalue weighted by Crippen LogP contribution is -2.25. The molecule has 0 bridgehead atoms. The Hall–Kier alpha value is -2.88. The summed E-state index contributed by atoms with van der Waals surface area (Å²) in [6.45, 7) is 4.01. The van der Waals surface area contributed by atoms with Crippen molar-refractivity contribution < 1.29 is 9.53 Å². The first-order valence-electron chi connectivity index (χ1n) is 10.7. The molecule has 3 nitrogen and oxygen atoms in total. The average Bonchev–Trinajstić information content (AvgIpc) is 3.32. The molecule has 1 fully saturated rings. The molecule has 1 aliphatic heterocycles. The van der Waals surface area contributed by atoms with Crippen molar-refractivity contribution in [2.75, 3.05) is 26.2 Å². The summed E-state index contributed by atoms with van der Waals surface area (Å²) in [6.07, 6.45) is 4.49. The molecule has 158 valence electrons. The molecule has 0 spiro atoms. The third kappa shape index (κ3) is 5.63. The number of benzene rings is 3. The normalized spacial score (nSPS) is 14.5. The van der Waals surface area contributed by atoms with Crippen molar-refractivity contribution in [1.82, 2.24) is 4.90 Å². The minimum Gasteiger partial charge on any atom is -0.492 e. The average molecular weight is 432 g/mol. The van der Waals surface area contributed by atoms with Gasteiger partial charge in [0, 0.05) is 17.7 Å². The van der Waals surface area contributed by atoms with E-state index >= 15 is 0 Å². The summed E-state index contributed by atoms with van der Waals surface area (Å²) in [7, 11) is 0. The fraction of sp³-hybridized carbons (Fsp3) is 0.222. The first-order chi connectivity index (χ1) is 15.2. The molecule has 0 aromatic heterocycles. The largest absolute Gasteiger partial charge is 0.492 e. The van der Waals surface area contributed by atoms with Gasteiger partial charge in [0.1, 0.15) is 12.4 Å². The van der Waals surface area contributed by atoms with Gasteiger partial charge in [0.25, 0.3) is 0 Å². The van der Waals surface area contributed by atoms with Crippen LogP contribution in [0.1, 0.15) is 34.3 Å². The Morgan fingerprint density at radius 1 is 0.903 bits per heavy atom. The highest BCUT2D eigenvalue weighted by Crippen LogP contribution is 2.27. The van der Waals surface area contributed by atoms with Gasteiger partial charge < -0.3 is 4.74 Å². The number of Topliss-reactive ketones (excluding diaryl/α,β-unsaturated/α-hetero) is 1. The van der Waals surface area contributed by atoms with Gasteiger partial charge in [0.05, 0.1) is 5.02 Å². The summed E-state index contributed by atoms with van der Waals surface area (Å²) in [4.78, 5) is 15.8. The molecule has 3 aromatic rings. The molecule has 0 aliphatic carbocycles. The monoisotopic (exact) mass is 431 g/mol. The number of allylic oxidation sites excluding steroid dienone is 1. The quantitative estimate of drug-likeness (QED) is 0.240. The van der Waals surface area contributed by atoms with Crippen molar-refractivity contribution in [2.45, 2.75) is 12.8 Å². The number of hydrogen-bond acceptors (Lipinski definition) is 3. The predicted octanol–water partition coefficient (Wildman–Crippen LogP) is 6.24. The van der Waals surface area contributed by atoms with Crippen LogP contribution in [-0.4, -0.2) is 36.9 Å². The maximum atomic E-state index is 13.3. The van der Waals surface area contributed by atoms with E-state index in [2.05, 4.69) is 4.90 Å². The highest BCUT2D eigenvalue weighted by molar-refractivity contribution is 6.40. The van der Waals surface area contributed by atoms with E-state index in [0.29, 0.717) is 22.8 Å². The Kier molecular flexibility index (Phi) is 7.18. The molecular formula is C27H26ClNO2. The van der Waals surface area contributed by atoms with Crippen LogP contribution in [0.15, 0.2) is 78.9 Å². The number of ether oxygens (including phenoxy) is 1. The molecule has 1 saturated heterocycles. The number of carbonyl (C=O) groups is 1. The highest BCUT2D eigenvalue weighted by atomic mass is 35.5. The standard InChI is InChI=1S/C27H26ClNO2/c28-26-11-5-4-10-24(26)27(30)25(22-8-2-1-3-9-22)20-21-12-14-23(15-13-21)31-19-18-29-16-6-7-17-29/h1-5,8-15,20H,6-7,16-19H2/b25-20+. The summed E-state index contributed by atoms with van der Waals surface area (Å²) in [5, 5.41) is 0.455. The maximum Gasteiger partial charge on any atom is 0.195 e. The number of hydrogen-bond donors (Lipinski definition) is 0. The summed E-state index contributed by atoms with van der Waals surface area (Å²) in [5.74, 6) is 0.748. The second kappa shape index (κ2) is 10.4. The van der Waals surface area contributed by atoms with Crippen LogP contribution in [0, 0.1) is 0 Å². The molecule has 3 aromatic carbocycles. The highest BCUT2D eigenvalue weighted by Gasteiger charge is 2.17. The van der Waals surface area contributed by atoms with Crippen LogP contribution in [0.4, 0.5) is 0 Å². The molecule has 1 aliphatic rings. The first kappa shape index (κ1) is 21.4. The van der Waals surface area contributed by atoms with Gasteiger partial charge in [-0.1, -0.05) is 66.2 Å². The summed E-state index contributed by atoms with van der Waals surface area (Å²) in [5.41, 5.74) is 2.90. The number of likely N-dealkylation sites (tertiary alicyclic amines) is 1. The van der Waals surface area contributed by atoms with Gasteiger partial charge in [-0.15, -0.1) is 0 Å². The van der Waals surface area contributed by atoms with Gasteiger partial charge in [-0.05, 0) is 67.4 Å². The number of nitrogens with zero attached hydrogens (tertiary/aromatic N) is 1. The van der Waals surface area contributed by atoms with Crippen LogP contribution in [0.5, 0.6) is 5.75 Å². The van der Waals surface area contributed by atoms with Gasteiger partial charge in [-0.3, -0.25) is 9.69 Å². The van der Waals surface area contributed by atoms with Gasteiger partial charge in [0.15, 0.2) is 5.78 Å². The van der Waals surface area contributed by atoms with Crippen molar-refractivity contribution in [3.05, 3.63) is 101 Å². The van der Waals surface area contributed by atoms with E-state index in [-0.39, 0.29) is 5.78 Å². The molecule has 0 radical (unpaired) electrons. The predicted molar refractivity (Wildman–Crippen MR) is 128 cm³/mol. The SMILES string of the molecule is O=C(/C(=C/c1ccc(OCCN2CCCC2)cc1)c1ccccc1)c1ccccc1Cl. The number of ketones is 1. The van der Waals surface area contributed by atoms with Gasteiger partial charge in [0.2, 0.25) is 0 Å². The van der Waals surface area contributed by atoms with E-state index < -0.39 is 0 Å². The Labute approximate surface area is 188 Å². The van der Waals surface area contributed by atoms with Crippen molar-refractivity contribution in [1.29, 1.82) is 0 Å². The summed E-state index contributed by atoms with van der Waals surface area (Å²) in [6, 6.07) is 24.7. The smallest absolute Gasteiger partial charge is 0.195 e. The molecule has 0 unspecified atom stereocenters. The number of carbonyl (C=O) groups excluding carboxylic acids is 1. The maximum absolute atomic E-state index is 13.3. The summed E-state index contributed by atoms with van der Waals surface area (Å²) >= 11 is 6.30. The van der Waals surface area contributed by atoms with E-state index in [9.17, 15) is 4.79 Å². The number of halogens is 1. The minimum absolute atomic E-state index is 0.0947. The Balaban J connectivity index is 1.53. The van der Waals surface area contributed by atoms with Crippen LogP contribution < -0.4 is 4.74 Å². The Morgan fingerprint density at radius 2 is 1.58 bits per heavy atom. The van der Waals surface area contributed by atoms with Gasteiger partial charge in [-0.25, -0.2) is 0 Å². The zero-order chi connectivity index (χ0) is 21.5. The minimum atomic E-state index is -0.0947. The topological polar surface area (TPSA) is 29.5 Å². The van der Waals surface area contributed by atoms with Crippen LogP contribution in [-0.2, 0) is 0 Å². The van der Waals surface area contributed by atoms with E-state index in [1.807, 2.05) is 72.8 Å². The van der Waals surface area contributed by atoms with Crippen LogP contribution >= 0.6 is 11.6 Å². The second-order valence-electron chi connectivity index (χ2n) is 7.70. The van der Waals surface area contributed by atoms with E-state index in [0.717, 1.165) is 23.4 Å². The van der Waals surface area contributed by atoms with Crippen LogP contribution in [0.3, 0.4) is 0 Å². The molecule has 0 amide bonds. The molecule has 0 N–H and O–H groups in total. The van der Waals surface area contributed by atoms with Crippen molar-refractivity contribution >= 4 is 29.0 Å². The lowest BCUT2D eigenvalue weighted by molar-refractivity contribution is 0.105. The second-order valence-corrected chi connectivity index (χ2v) is 8.11. The molecule has 1 heterocycles. The first-order valence-corrected chi connectivity index (χ1v) is 11.1. The molecular weight excluding hydrogens is 406 g/mol. The van der Waals surface area contributed by atoms with Gasteiger partial charge in [-0.2, -0.15) is 0 Å². The lowest BCUT2D eigenvalue weighted by atomic mass is 9.94. The van der Waals surface area contributed by atoms with Crippen molar-refractivity contribution in [3.8, 4) is 5.75 Å². The fourth-order valence-electron chi connectivity index (χ4n) is 3.81. The van der Waals surface area contributed by atoms with Gasteiger partial charge >= 0.3 is 0 Å². The van der Waals surface area contributed by atoms with Crippen LogP contribution in [0.25, 0.3) is 11.6 Å². The van der Waals surface area contributed by atoms with E-state index in [1.165, 1.54) is 25.9 Å². The third-order valence-corrected chi connectivity index (χ3v) is 5.84. The molecule has 0 atom stereocenters. The summed E-state index contributed by atoms with van der Waals surface area (Å²) < 4.78 is 5.90. The molecule has 31 heavy (non-hydrogen) atoms. The zero-order valence-electron chi connectivity index (χ0n) is 17.5. The zero-order valence-corrected chi connectivity index (χ0v) is 18.2. The fourth-order valence-corrected chi connectivity index (χ4v) is 4.04. The van der Waals surface area contributed by atoms with Crippen molar-refractivity contribution in [2.24, 2.45) is 0 Å². The lowest BCUT2D eigenvalue weighted by Gasteiger charge is -2.15. The van der Waals surface area contributed by atoms with E-state index in [4.69, 9.17) is 16.3 Å². The van der Waals surface area contributed by atoms with Crippen molar-refractivity contribution in [3.63, 3.8) is 0 Å². The molecule has 0 saturated carbocycles. The Bertz CT molecular complexity index is 1040. The molecule has 4 heteroatoms. The third-order valence-electron chi connectivity index (χ3n) is 5.51. The Morgan fingerprint density at radius 3 is 2.29 bits per heavy atom. The number of rotatable bonds is 8. The van der Waals surface area contributed by atoms with Crippen LogP contribution in [0.2, 0.25) is 5.02 Å². The van der Waals surface area contributed by atoms with E-state index in [1.54, 1.807) is 12.1 Å².